The largest absolute Gasteiger partial charge is 0.409 e. The summed E-state index contributed by atoms with van der Waals surface area (Å²) in [6, 6.07) is 3.64. The number of amidine groups is 1. The summed E-state index contributed by atoms with van der Waals surface area (Å²) in [5, 5.41) is 21.5. The topological polar surface area (TPSA) is 96.4 Å². The minimum Gasteiger partial charge on any atom is -0.409 e. The van der Waals surface area contributed by atoms with E-state index < -0.39 is 0 Å². The quantitative estimate of drug-likeness (QED) is 0.247. The highest BCUT2D eigenvalue weighted by molar-refractivity contribution is 5.81. The molecule has 0 amide bonds. The Morgan fingerprint density at radius 3 is 3.15 bits per heavy atom. The third-order valence-electron chi connectivity index (χ3n) is 1.37. The zero-order valence-corrected chi connectivity index (χ0v) is 7.01. The van der Waals surface area contributed by atoms with E-state index >= 15 is 0 Å². The molecule has 1 rings (SSSR count). The fourth-order valence-electron chi connectivity index (χ4n) is 0.782. The van der Waals surface area contributed by atoms with E-state index in [4.69, 9.17) is 10.9 Å². The lowest BCUT2D eigenvalue weighted by Gasteiger charge is -2.01. The van der Waals surface area contributed by atoms with Gasteiger partial charge >= 0.3 is 0 Å². The summed E-state index contributed by atoms with van der Waals surface area (Å²) in [4.78, 5) is 0. The summed E-state index contributed by atoms with van der Waals surface area (Å²) in [6.07, 6.45) is 1.60. The Hall–Kier alpha value is -1.69. The molecule has 0 saturated heterocycles. The maximum atomic E-state index is 8.23. The van der Waals surface area contributed by atoms with Crippen LogP contribution in [0, 0.1) is 0 Å². The highest BCUT2D eigenvalue weighted by Crippen LogP contribution is 1.88. The molecule has 6 nitrogen and oxygen atoms in total. The molecule has 0 aliphatic heterocycles. The van der Waals surface area contributed by atoms with Crippen LogP contribution in [-0.2, 0) is 6.54 Å². The zero-order valence-electron chi connectivity index (χ0n) is 7.01. The smallest absolute Gasteiger partial charge is 0.153 e. The molecule has 0 spiro atoms. The molecular weight excluding hydrogens is 170 g/mol. The van der Waals surface area contributed by atoms with Crippen LogP contribution in [0.1, 0.15) is 5.69 Å². The van der Waals surface area contributed by atoms with Crippen molar-refractivity contribution in [2.75, 3.05) is 6.54 Å². The van der Waals surface area contributed by atoms with Gasteiger partial charge in [0.15, 0.2) is 5.84 Å². The van der Waals surface area contributed by atoms with Crippen LogP contribution in [0.25, 0.3) is 0 Å². The van der Waals surface area contributed by atoms with Crippen molar-refractivity contribution in [2.24, 2.45) is 10.9 Å². The minimum atomic E-state index is 0.142. The van der Waals surface area contributed by atoms with Crippen LogP contribution in [0.4, 0.5) is 0 Å². The Morgan fingerprint density at radius 1 is 1.69 bits per heavy atom. The van der Waals surface area contributed by atoms with Crippen LogP contribution in [-0.4, -0.2) is 27.8 Å². The molecule has 4 N–H and O–H groups in total. The summed E-state index contributed by atoms with van der Waals surface area (Å²) >= 11 is 0. The highest BCUT2D eigenvalue weighted by Gasteiger charge is 1.94. The molecule has 0 saturated carbocycles. The number of nitrogens with two attached hydrogens (primary N) is 1. The maximum Gasteiger partial charge on any atom is 0.153 e. The lowest BCUT2D eigenvalue weighted by molar-refractivity contribution is 0.317. The third kappa shape index (κ3) is 3.48. The summed E-state index contributed by atoms with van der Waals surface area (Å²) in [6.45, 7) is 0.872. The minimum absolute atomic E-state index is 0.142. The van der Waals surface area contributed by atoms with Gasteiger partial charge in [0, 0.05) is 12.7 Å². The first-order valence-electron chi connectivity index (χ1n) is 3.76. The summed E-state index contributed by atoms with van der Waals surface area (Å²) in [5.74, 6) is 0.142. The average molecular weight is 181 g/mol. The lowest BCUT2D eigenvalue weighted by Crippen LogP contribution is -2.28. The zero-order chi connectivity index (χ0) is 9.52. The molecule has 1 aromatic rings. The Bertz CT molecular complexity index is 273. The van der Waals surface area contributed by atoms with E-state index in [0.717, 1.165) is 5.69 Å². The second kappa shape index (κ2) is 5.04. The Labute approximate surface area is 75.5 Å². The maximum absolute atomic E-state index is 8.23. The van der Waals surface area contributed by atoms with Crippen molar-refractivity contribution < 1.29 is 5.21 Å². The number of rotatable bonds is 4. The van der Waals surface area contributed by atoms with Crippen molar-refractivity contribution in [1.29, 1.82) is 0 Å². The molecule has 0 unspecified atom stereocenters. The number of nitrogens with one attached hydrogen (secondary N) is 1. The van der Waals surface area contributed by atoms with Crippen molar-refractivity contribution in [3.8, 4) is 0 Å². The molecule has 0 bridgehead atoms. The molecule has 0 radical (unpaired) electrons. The van der Waals surface area contributed by atoms with Gasteiger partial charge in [0.1, 0.15) is 0 Å². The van der Waals surface area contributed by atoms with E-state index in [-0.39, 0.29) is 5.84 Å². The number of hydrogen-bond acceptors (Lipinski definition) is 5. The van der Waals surface area contributed by atoms with Crippen LogP contribution >= 0.6 is 0 Å². The van der Waals surface area contributed by atoms with Crippen LogP contribution in [0.2, 0.25) is 0 Å². The number of oxime groups is 1. The van der Waals surface area contributed by atoms with Gasteiger partial charge in [-0.05, 0) is 12.1 Å². The van der Waals surface area contributed by atoms with Gasteiger partial charge < -0.3 is 16.3 Å². The monoisotopic (exact) mass is 181 g/mol. The first-order valence-corrected chi connectivity index (χ1v) is 3.76. The van der Waals surface area contributed by atoms with Gasteiger partial charge in [-0.1, -0.05) is 5.16 Å². The van der Waals surface area contributed by atoms with E-state index in [1.54, 1.807) is 12.3 Å². The number of hydrogen-bond donors (Lipinski definition) is 3. The van der Waals surface area contributed by atoms with E-state index in [1.807, 2.05) is 6.07 Å². The van der Waals surface area contributed by atoms with Crippen molar-refractivity contribution >= 4 is 5.84 Å². The molecule has 1 aromatic heterocycles. The van der Waals surface area contributed by atoms with Gasteiger partial charge in [-0.3, -0.25) is 0 Å². The number of nitrogens with zero attached hydrogens (tertiary/aromatic N) is 3. The van der Waals surface area contributed by atoms with E-state index in [0.29, 0.717) is 13.1 Å². The summed E-state index contributed by atoms with van der Waals surface area (Å²) in [7, 11) is 0. The van der Waals surface area contributed by atoms with Gasteiger partial charge in [0.05, 0.1) is 12.2 Å². The Balaban J connectivity index is 2.28. The van der Waals surface area contributed by atoms with Crippen molar-refractivity contribution in [3.63, 3.8) is 0 Å². The van der Waals surface area contributed by atoms with E-state index in [9.17, 15) is 0 Å². The van der Waals surface area contributed by atoms with Gasteiger partial charge in [0.2, 0.25) is 0 Å². The third-order valence-corrected chi connectivity index (χ3v) is 1.37. The highest BCUT2D eigenvalue weighted by atomic mass is 16.4. The molecule has 70 valence electrons. The molecule has 0 aliphatic carbocycles. The fourth-order valence-corrected chi connectivity index (χ4v) is 0.782. The van der Waals surface area contributed by atoms with Crippen molar-refractivity contribution in [2.45, 2.75) is 6.54 Å². The standard InChI is InChI=1S/C7H11N5O/c8-7(12-13)5-9-4-6-2-1-3-10-11-6/h1-3,9,13H,4-5H2,(H2,8,12). The van der Waals surface area contributed by atoms with Crippen molar-refractivity contribution in [3.05, 3.63) is 24.0 Å². The van der Waals surface area contributed by atoms with Crippen LogP contribution < -0.4 is 11.1 Å². The predicted molar refractivity (Wildman–Crippen MR) is 47.1 cm³/mol. The molecular formula is C7H11N5O. The molecule has 0 aliphatic rings. The second-order valence-corrected chi connectivity index (χ2v) is 2.41. The van der Waals surface area contributed by atoms with Gasteiger partial charge in [-0.25, -0.2) is 0 Å². The molecule has 1 heterocycles. The van der Waals surface area contributed by atoms with E-state index in [1.165, 1.54) is 0 Å². The van der Waals surface area contributed by atoms with Gasteiger partial charge in [-0.2, -0.15) is 10.2 Å². The van der Waals surface area contributed by atoms with Gasteiger partial charge in [0.25, 0.3) is 0 Å². The second-order valence-electron chi connectivity index (χ2n) is 2.41. The average Bonchev–Trinajstić information content (AvgIpc) is 2.19. The molecule has 0 atom stereocenters. The lowest BCUT2D eigenvalue weighted by atomic mass is 10.4. The van der Waals surface area contributed by atoms with Crippen LogP contribution in [0.15, 0.2) is 23.5 Å². The molecule has 0 aromatic carbocycles. The molecule has 13 heavy (non-hydrogen) atoms. The van der Waals surface area contributed by atoms with Gasteiger partial charge in [-0.15, -0.1) is 0 Å². The Morgan fingerprint density at radius 2 is 2.54 bits per heavy atom. The summed E-state index contributed by atoms with van der Waals surface area (Å²) in [5.41, 5.74) is 6.05. The molecule has 0 fully saturated rings. The first-order chi connectivity index (χ1) is 6.33. The van der Waals surface area contributed by atoms with Crippen molar-refractivity contribution in [1.82, 2.24) is 15.5 Å². The fraction of sp³-hybridized carbons (Fsp3) is 0.286. The van der Waals surface area contributed by atoms with Crippen LogP contribution in [0.5, 0.6) is 0 Å². The van der Waals surface area contributed by atoms with E-state index in [2.05, 4.69) is 20.7 Å². The first kappa shape index (κ1) is 9.40. The Kier molecular flexibility index (Phi) is 3.65. The predicted octanol–water partition coefficient (Wildman–Crippen LogP) is -0.687. The molecule has 6 heteroatoms. The number of aromatic nitrogens is 2. The SMILES string of the molecule is N/C(CNCc1cccnn1)=N/O. The van der Waals surface area contributed by atoms with Crippen LogP contribution in [0.3, 0.4) is 0 Å². The normalized spacial score (nSPS) is 11.5. The summed E-state index contributed by atoms with van der Waals surface area (Å²) < 4.78 is 0.